The Kier molecular flexibility index (Phi) is 5.23. The van der Waals surface area contributed by atoms with Crippen LogP contribution in [0, 0.1) is 0 Å². The zero-order chi connectivity index (χ0) is 15.5. The molecular formula is C11H16F2N2O4S. The predicted octanol–water partition coefficient (Wildman–Crippen LogP) is 1.36. The number of sulfonamides is 1. The molecule has 0 spiro atoms. The number of carbonyl (C=O) groups is 1. The molecule has 0 saturated heterocycles. The fourth-order valence-corrected chi connectivity index (χ4v) is 1.99. The Morgan fingerprint density at radius 3 is 2.55 bits per heavy atom. The van der Waals surface area contributed by atoms with E-state index in [2.05, 4.69) is 0 Å². The highest BCUT2D eigenvalue weighted by Gasteiger charge is 2.22. The summed E-state index contributed by atoms with van der Waals surface area (Å²) in [5.74, 6) is -0.866. The van der Waals surface area contributed by atoms with Gasteiger partial charge in [-0.05, 0) is 19.4 Å². The Morgan fingerprint density at radius 2 is 2.10 bits per heavy atom. The van der Waals surface area contributed by atoms with Gasteiger partial charge >= 0.3 is 5.97 Å². The summed E-state index contributed by atoms with van der Waals surface area (Å²) in [5, 5.41) is 4.92. The Balaban J connectivity index is 3.15. The van der Waals surface area contributed by atoms with Gasteiger partial charge in [0.25, 0.3) is 6.43 Å². The van der Waals surface area contributed by atoms with Crippen LogP contribution in [0.1, 0.15) is 30.8 Å². The van der Waals surface area contributed by atoms with Crippen LogP contribution >= 0.6 is 0 Å². The van der Waals surface area contributed by atoms with E-state index in [9.17, 15) is 22.0 Å². The second kappa shape index (κ2) is 6.31. The summed E-state index contributed by atoms with van der Waals surface area (Å²) in [6, 6.07) is 0.933. The molecule has 0 fully saturated rings. The summed E-state index contributed by atoms with van der Waals surface area (Å²) in [7, 11) is -4.08. The van der Waals surface area contributed by atoms with Crippen LogP contribution in [-0.4, -0.2) is 31.5 Å². The fraction of sp³-hybridized carbons (Fsp3) is 0.545. The van der Waals surface area contributed by atoms with Crippen molar-refractivity contribution in [3.8, 4) is 0 Å². The molecule has 9 heteroatoms. The quantitative estimate of drug-likeness (QED) is 0.803. The van der Waals surface area contributed by atoms with Crippen molar-refractivity contribution < 1.29 is 26.7 Å². The smallest absolute Gasteiger partial charge is 0.355 e. The first-order valence-corrected chi connectivity index (χ1v) is 7.41. The third kappa shape index (κ3) is 4.27. The largest absolute Gasteiger partial charge is 0.458 e. The standard InChI is InChI=1S/C11H16F2N2O4S/c1-3-7(2)19-11(16)9-4-8(20(14,17)18)5-15(9)6-10(12)13/h4-5,7,10H,3,6H2,1-2H3,(H2,14,17,18). The van der Waals surface area contributed by atoms with Crippen molar-refractivity contribution in [2.24, 2.45) is 5.14 Å². The maximum atomic E-state index is 12.4. The summed E-state index contributed by atoms with van der Waals surface area (Å²) in [6.45, 7) is 2.60. The van der Waals surface area contributed by atoms with Gasteiger partial charge in [-0.25, -0.2) is 27.1 Å². The lowest BCUT2D eigenvalue weighted by Crippen LogP contribution is -2.19. The van der Waals surface area contributed by atoms with Crippen molar-refractivity contribution >= 4 is 16.0 Å². The van der Waals surface area contributed by atoms with Crippen LogP contribution < -0.4 is 5.14 Å². The molecule has 0 aromatic carbocycles. The Labute approximate surface area is 115 Å². The molecule has 1 rings (SSSR count). The number of rotatable bonds is 6. The third-order valence-corrected chi connectivity index (χ3v) is 3.51. The lowest BCUT2D eigenvalue weighted by molar-refractivity contribution is 0.0316. The van der Waals surface area contributed by atoms with E-state index in [1.165, 1.54) is 0 Å². The van der Waals surface area contributed by atoms with Gasteiger partial charge in [0.2, 0.25) is 10.0 Å². The van der Waals surface area contributed by atoms with Crippen LogP contribution in [0.15, 0.2) is 17.2 Å². The van der Waals surface area contributed by atoms with Gasteiger partial charge < -0.3 is 9.30 Å². The fourth-order valence-electron chi connectivity index (χ4n) is 1.44. The predicted molar refractivity (Wildman–Crippen MR) is 67.0 cm³/mol. The molecule has 1 atom stereocenters. The first kappa shape index (κ1) is 16.6. The van der Waals surface area contributed by atoms with Crippen LogP contribution in [0.3, 0.4) is 0 Å². The molecule has 1 unspecified atom stereocenters. The van der Waals surface area contributed by atoms with Crippen molar-refractivity contribution in [1.82, 2.24) is 4.57 Å². The lowest BCUT2D eigenvalue weighted by Gasteiger charge is -2.12. The van der Waals surface area contributed by atoms with E-state index in [-0.39, 0.29) is 5.69 Å². The summed E-state index contributed by atoms with van der Waals surface area (Å²) in [4.78, 5) is 11.4. The Bertz CT molecular complexity index is 583. The van der Waals surface area contributed by atoms with Gasteiger partial charge in [-0.3, -0.25) is 0 Å². The van der Waals surface area contributed by atoms with Crippen molar-refractivity contribution in [1.29, 1.82) is 0 Å². The molecule has 0 bridgehead atoms. The van der Waals surface area contributed by atoms with E-state index < -0.39 is 40.0 Å². The van der Waals surface area contributed by atoms with Crippen molar-refractivity contribution in [2.75, 3.05) is 0 Å². The van der Waals surface area contributed by atoms with Gasteiger partial charge in [-0.1, -0.05) is 6.92 Å². The first-order valence-electron chi connectivity index (χ1n) is 5.87. The van der Waals surface area contributed by atoms with Crippen LogP contribution in [-0.2, 0) is 21.3 Å². The van der Waals surface area contributed by atoms with Crippen LogP contribution in [0.25, 0.3) is 0 Å². The molecule has 1 aromatic rings. The molecule has 0 aliphatic heterocycles. The molecule has 1 heterocycles. The number of alkyl halides is 2. The monoisotopic (exact) mass is 310 g/mol. The highest BCUT2D eigenvalue weighted by atomic mass is 32.2. The van der Waals surface area contributed by atoms with E-state index in [0.717, 1.165) is 16.8 Å². The number of halogens is 2. The van der Waals surface area contributed by atoms with E-state index in [1.807, 2.05) is 0 Å². The lowest BCUT2D eigenvalue weighted by atomic mass is 10.3. The molecule has 0 saturated carbocycles. The van der Waals surface area contributed by atoms with Crippen molar-refractivity contribution in [3.05, 3.63) is 18.0 Å². The number of aromatic nitrogens is 1. The van der Waals surface area contributed by atoms with Gasteiger partial charge in [0.1, 0.15) is 10.6 Å². The van der Waals surface area contributed by atoms with Gasteiger partial charge in [0, 0.05) is 6.20 Å². The van der Waals surface area contributed by atoms with Crippen molar-refractivity contribution in [3.63, 3.8) is 0 Å². The minimum Gasteiger partial charge on any atom is -0.458 e. The SMILES string of the molecule is CCC(C)OC(=O)c1cc(S(N)(=O)=O)cn1CC(F)F. The second-order valence-corrected chi connectivity index (χ2v) is 5.84. The van der Waals surface area contributed by atoms with Gasteiger partial charge in [0.05, 0.1) is 12.6 Å². The van der Waals surface area contributed by atoms with Gasteiger partial charge in [0.15, 0.2) is 0 Å². The number of esters is 1. The molecular weight excluding hydrogens is 294 g/mol. The molecule has 0 aliphatic carbocycles. The zero-order valence-electron chi connectivity index (χ0n) is 11.0. The summed E-state index contributed by atoms with van der Waals surface area (Å²) >= 11 is 0. The van der Waals surface area contributed by atoms with Gasteiger partial charge in [-0.2, -0.15) is 0 Å². The Hall–Kier alpha value is -1.48. The highest BCUT2D eigenvalue weighted by Crippen LogP contribution is 2.17. The maximum absolute atomic E-state index is 12.4. The molecule has 114 valence electrons. The van der Waals surface area contributed by atoms with Crippen LogP contribution in [0.4, 0.5) is 8.78 Å². The average Bonchev–Trinajstić information content (AvgIpc) is 2.71. The molecule has 0 aliphatic rings. The summed E-state index contributed by atoms with van der Waals surface area (Å²) in [6.07, 6.45) is -1.71. The third-order valence-electron chi connectivity index (χ3n) is 2.63. The average molecular weight is 310 g/mol. The van der Waals surface area contributed by atoms with E-state index in [1.54, 1.807) is 13.8 Å². The normalized spacial score (nSPS) is 13.5. The minimum atomic E-state index is -4.08. The second-order valence-electron chi connectivity index (χ2n) is 4.27. The summed E-state index contributed by atoms with van der Waals surface area (Å²) < 4.78 is 53.1. The number of carbonyl (C=O) groups excluding carboxylic acids is 1. The zero-order valence-corrected chi connectivity index (χ0v) is 11.9. The molecule has 2 N–H and O–H groups in total. The first-order chi connectivity index (χ1) is 9.15. The number of hydrogen-bond donors (Lipinski definition) is 1. The van der Waals surface area contributed by atoms with Crippen molar-refractivity contribution in [2.45, 2.75) is 44.2 Å². The number of nitrogens with two attached hydrogens (primary N) is 1. The number of ether oxygens (including phenoxy) is 1. The molecule has 20 heavy (non-hydrogen) atoms. The maximum Gasteiger partial charge on any atom is 0.355 e. The van der Waals surface area contributed by atoms with E-state index in [0.29, 0.717) is 6.42 Å². The number of primary sulfonamides is 1. The van der Waals surface area contributed by atoms with Crippen LogP contribution in [0.5, 0.6) is 0 Å². The number of nitrogens with zero attached hydrogens (tertiary/aromatic N) is 1. The minimum absolute atomic E-state index is 0.269. The van der Waals surface area contributed by atoms with E-state index in [4.69, 9.17) is 9.88 Å². The van der Waals surface area contributed by atoms with Gasteiger partial charge in [-0.15, -0.1) is 0 Å². The summed E-state index contributed by atoms with van der Waals surface area (Å²) in [5.41, 5.74) is -0.269. The topological polar surface area (TPSA) is 91.4 Å². The molecule has 1 aromatic heterocycles. The number of hydrogen-bond acceptors (Lipinski definition) is 4. The highest BCUT2D eigenvalue weighted by molar-refractivity contribution is 7.89. The Morgan fingerprint density at radius 1 is 1.50 bits per heavy atom. The molecule has 0 radical (unpaired) electrons. The van der Waals surface area contributed by atoms with E-state index >= 15 is 0 Å². The molecule has 6 nitrogen and oxygen atoms in total. The molecule has 0 amide bonds. The van der Waals surface area contributed by atoms with Crippen LogP contribution in [0.2, 0.25) is 0 Å².